The number of amides is 1. The summed E-state index contributed by atoms with van der Waals surface area (Å²) in [6.45, 7) is 5.44. The molecule has 1 heterocycles. The normalized spacial score (nSPS) is 13.6. The quantitative estimate of drug-likeness (QED) is 0.854. The van der Waals surface area contributed by atoms with Crippen molar-refractivity contribution in [1.29, 1.82) is 0 Å². The number of carbonyl (C=O) groups is 1. The molecule has 0 spiro atoms. The molecule has 20 heavy (non-hydrogen) atoms. The molecule has 1 aromatic heterocycles. The molecule has 1 amide bonds. The van der Waals surface area contributed by atoms with Crippen LogP contribution in [0.15, 0.2) is 24.3 Å². The Morgan fingerprint density at radius 2 is 2.20 bits per heavy atom. The summed E-state index contributed by atoms with van der Waals surface area (Å²) in [7, 11) is 0. The number of aromatic amines is 1. The zero-order valence-electron chi connectivity index (χ0n) is 11.6. The van der Waals surface area contributed by atoms with Gasteiger partial charge in [0.2, 0.25) is 0 Å². The molecule has 1 aromatic carbocycles. The van der Waals surface area contributed by atoms with Crippen molar-refractivity contribution in [2.24, 2.45) is 0 Å². The SMILES string of the molecule is Cc1cccc(OC(C)C(=O)NC(C)c2nn[nH]n2)c1. The Bertz CT molecular complexity index is 570. The summed E-state index contributed by atoms with van der Waals surface area (Å²) < 4.78 is 5.60. The first-order valence-corrected chi connectivity index (χ1v) is 6.33. The summed E-state index contributed by atoms with van der Waals surface area (Å²) in [4.78, 5) is 12.0. The fourth-order valence-electron chi connectivity index (χ4n) is 1.69. The van der Waals surface area contributed by atoms with Gasteiger partial charge >= 0.3 is 0 Å². The summed E-state index contributed by atoms with van der Waals surface area (Å²) in [6.07, 6.45) is -0.605. The number of hydrogen-bond acceptors (Lipinski definition) is 5. The average Bonchev–Trinajstić information content (AvgIpc) is 2.92. The van der Waals surface area contributed by atoms with E-state index in [1.807, 2.05) is 31.2 Å². The zero-order chi connectivity index (χ0) is 14.5. The lowest BCUT2D eigenvalue weighted by molar-refractivity contribution is -0.128. The Morgan fingerprint density at radius 1 is 1.40 bits per heavy atom. The van der Waals surface area contributed by atoms with Gasteiger partial charge in [0.15, 0.2) is 11.9 Å². The van der Waals surface area contributed by atoms with Crippen LogP contribution in [-0.4, -0.2) is 32.6 Å². The molecule has 0 aliphatic carbocycles. The third kappa shape index (κ3) is 3.53. The molecule has 106 valence electrons. The molecule has 0 saturated carbocycles. The highest BCUT2D eigenvalue weighted by Gasteiger charge is 2.19. The minimum Gasteiger partial charge on any atom is -0.481 e. The second kappa shape index (κ2) is 6.14. The van der Waals surface area contributed by atoms with E-state index in [1.165, 1.54) is 0 Å². The fraction of sp³-hybridized carbons (Fsp3) is 0.385. The van der Waals surface area contributed by atoms with E-state index in [4.69, 9.17) is 4.74 Å². The van der Waals surface area contributed by atoms with E-state index in [1.54, 1.807) is 13.8 Å². The van der Waals surface area contributed by atoms with Crippen molar-refractivity contribution in [3.8, 4) is 5.75 Å². The van der Waals surface area contributed by atoms with E-state index in [-0.39, 0.29) is 11.9 Å². The Balaban J connectivity index is 1.92. The predicted molar refractivity (Wildman–Crippen MR) is 72.0 cm³/mol. The number of tetrazole rings is 1. The summed E-state index contributed by atoms with van der Waals surface area (Å²) >= 11 is 0. The number of aromatic nitrogens is 4. The number of H-pyrrole nitrogens is 1. The number of nitrogens with zero attached hydrogens (tertiary/aromatic N) is 3. The van der Waals surface area contributed by atoms with Gasteiger partial charge in [-0.15, -0.1) is 10.2 Å². The van der Waals surface area contributed by atoms with Crippen molar-refractivity contribution < 1.29 is 9.53 Å². The van der Waals surface area contributed by atoms with Gasteiger partial charge in [-0.25, -0.2) is 0 Å². The van der Waals surface area contributed by atoms with Gasteiger partial charge < -0.3 is 10.1 Å². The van der Waals surface area contributed by atoms with Gasteiger partial charge in [-0.1, -0.05) is 17.3 Å². The van der Waals surface area contributed by atoms with Crippen molar-refractivity contribution in [3.05, 3.63) is 35.7 Å². The van der Waals surface area contributed by atoms with Crippen LogP contribution in [0, 0.1) is 6.92 Å². The van der Waals surface area contributed by atoms with Crippen molar-refractivity contribution in [2.75, 3.05) is 0 Å². The molecule has 0 aliphatic heterocycles. The first-order valence-electron chi connectivity index (χ1n) is 6.33. The van der Waals surface area contributed by atoms with Crippen molar-refractivity contribution >= 4 is 5.91 Å². The van der Waals surface area contributed by atoms with Crippen LogP contribution in [-0.2, 0) is 4.79 Å². The molecule has 2 aromatic rings. The molecule has 0 saturated heterocycles. The first kappa shape index (κ1) is 14.0. The Hall–Kier alpha value is -2.44. The van der Waals surface area contributed by atoms with Crippen LogP contribution in [0.2, 0.25) is 0 Å². The van der Waals surface area contributed by atoms with E-state index in [0.29, 0.717) is 11.6 Å². The molecule has 2 rings (SSSR count). The van der Waals surface area contributed by atoms with Crippen molar-refractivity contribution in [1.82, 2.24) is 25.9 Å². The smallest absolute Gasteiger partial charge is 0.261 e. The molecule has 2 N–H and O–H groups in total. The van der Waals surface area contributed by atoms with Crippen LogP contribution in [0.3, 0.4) is 0 Å². The molecule has 2 unspecified atom stereocenters. The molecular weight excluding hydrogens is 258 g/mol. The number of nitrogens with one attached hydrogen (secondary N) is 2. The van der Waals surface area contributed by atoms with Gasteiger partial charge in [-0.05, 0) is 38.5 Å². The van der Waals surface area contributed by atoms with E-state index >= 15 is 0 Å². The summed E-state index contributed by atoms with van der Waals surface area (Å²) in [5.41, 5.74) is 1.08. The predicted octanol–water partition coefficient (Wildman–Crippen LogP) is 1.15. The lowest BCUT2D eigenvalue weighted by Gasteiger charge is -2.17. The second-order valence-corrected chi connectivity index (χ2v) is 4.58. The van der Waals surface area contributed by atoms with E-state index < -0.39 is 6.10 Å². The van der Waals surface area contributed by atoms with Crippen LogP contribution < -0.4 is 10.1 Å². The molecule has 0 bridgehead atoms. The molecule has 0 fully saturated rings. The van der Waals surface area contributed by atoms with E-state index in [0.717, 1.165) is 5.56 Å². The topological polar surface area (TPSA) is 92.8 Å². The van der Waals surface area contributed by atoms with Crippen LogP contribution in [0.25, 0.3) is 0 Å². The Labute approximate surface area is 116 Å². The molecule has 7 nitrogen and oxygen atoms in total. The zero-order valence-corrected chi connectivity index (χ0v) is 11.6. The van der Waals surface area contributed by atoms with Gasteiger partial charge in [-0.2, -0.15) is 5.21 Å². The largest absolute Gasteiger partial charge is 0.481 e. The maximum Gasteiger partial charge on any atom is 0.261 e. The van der Waals surface area contributed by atoms with Crippen molar-refractivity contribution in [3.63, 3.8) is 0 Å². The Kier molecular flexibility index (Phi) is 4.29. The fourth-order valence-corrected chi connectivity index (χ4v) is 1.69. The highest BCUT2D eigenvalue weighted by atomic mass is 16.5. The lowest BCUT2D eigenvalue weighted by atomic mass is 10.2. The highest BCUT2D eigenvalue weighted by molar-refractivity contribution is 5.81. The maximum atomic E-state index is 12.0. The number of rotatable bonds is 5. The first-order chi connectivity index (χ1) is 9.56. The molecular formula is C13H17N5O2. The van der Waals surface area contributed by atoms with Crippen LogP contribution >= 0.6 is 0 Å². The highest BCUT2D eigenvalue weighted by Crippen LogP contribution is 2.14. The van der Waals surface area contributed by atoms with Crippen LogP contribution in [0.5, 0.6) is 5.75 Å². The van der Waals surface area contributed by atoms with Gasteiger partial charge in [0.05, 0.1) is 6.04 Å². The second-order valence-electron chi connectivity index (χ2n) is 4.58. The monoisotopic (exact) mass is 275 g/mol. The van der Waals surface area contributed by atoms with Crippen molar-refractivity contribution in [2.45, 2.75) is 32.9 Å². The number of benzene rings is 1. The average molecular weight is 275 g/mol. The maximum absolute atomic E-state index is 12.0. The molecule has 0 radical (unpaired) electrons. The molecule has 7 heteroatoms. The minimum atomic E-state index is -0.605. The van der Waals surface area contributed by atoms with E-state index in [9.17, 15) is 4.79 Å². The number of aryl methyl sites for hydroxylation is 1. The minimum absolute atomic E-state index is 0.233. The summed E-state index contributed by atoms with van der Waals surface area (Å²) in [6, 6.07) is 7.23. The third-order valence-corrected chi connectivity index (χ3v) is 2.78. The van der Waals surface area contributed by atoms with Gasteiger partial charge in [-0.3, -0.25) is 4.79 Å². The van der Waals surface area contributed by atoms with E-state index in [2.05, 4.69) is 25.9 Å². The molecule has 2 atom stereocenters. The molecule has 0 aliphatic rings. The summed E-state index contributed by atoms with van der Waals surface area (Å²) in [5.74, 6) is 0.866. The lowest BCUT2D eigenvalue weighted by Crippen LogP contribution is -2.38. The van der Waals surface area contributed by atoms with Gasteiger partial charge in [0.25, 0.3) is 5.91 Å². The Morgan fingerprint density at radius 3 is 2.85 bits per heavy atom. The number of carbonyl (C=O) groups excluding carboxylic acids is 1. The summed E-state index contributed by atoms with van der Waals surface area (Å²) in [5, 5.41) is 16.2. The number of ether oxygens (including phenoxy) is 1. The van der Waals surface area contributed by atoms with Gasteiger partial charge in [0.1, 0.15) is 5.75 Å². The van der Waals surface area contributed by atoms with Gasteiger partial charge in [0, 0.05) is 0 Å². The van der Waals surface area contributed by atoms with Crippen LogP contribution in [0.1, 0.15) is 31.3 Å². The standard InChI is InChI=1S/C13H17N5O2/c1-8-5-4-6-11(7-8)20-10(3)13(19)14-9(2)12-15-17-18-16-12/h4-7,9-10H,1-3H3,(H,14,19)(H,15,16,17,18). The number of hydrogen-bond donors (Lipinski definition) is 2. The third-order valence-electron chi connectivity index (χ3n) is 2.78. The van der Waals surface area contributed by atoms with Crippen LogP contribution in [0.4, 0.5) is 0 Å².